The van der Waals surface area contributed by atoms with E-state index in [4.69, 9.17) is 5.11 Å². The van der Waals surface area contributed by atoms with E-state index in [9.17, 15) is 27.7 Å². The highest BCUT2D eigenvalue weighted by molar-refractivity contribution is 7.92. The van der Waals surface area contributed by atoms with Crippen LogP contribution >= 0.6 is 0 Å². The number of hydrogen-bond acceptors (Lipinski definition) is 5. The van der Waals surface area contributed by atoms with E-state index in [2.05, 4.69) is 0 Å². The summed E-state index contributed by atoms with van der Waals surface area (Å²) >= 11 is 0. The van der Waals surface area contributed by atoms with Gasteiger partial charge in [-0.25, -0.2) is 12.8 Å². The average Bonchev–Trinajstić information content (AvgIpc) is 2.53. The molecule has 0 radical (unpaired) electrons. The van der Waals surface area contributed by atoms with Crippen LogP contribution in [0.5, 0.6) is 0 Å². The van der Waals surface area contributed by atoms with E-state index in [0.717, 1.165) is 42.5 Å². The van der Waals surface area contributed by atoms with E-state index in [0.29, 0.717) is 4.31 Å². The maximum absolute atomic E-state index is 13.0. The Morgan fingerprint density at radius 3 is 2.38 bits per heavy atom. The van der Waals surface area contributed by atoms with E-state index in [1.807, 2.05) is 0 Å². The third-order valence-corrected chi connectivity index (χ3v) is 4.78. The van der Waals surface area contributed by atoms with Crippen molar-refractivity contribution in [2.24, 2.45) is 0 Å². The molecule has 0 heterocycles. The molecular weight excluding hydrogens is 343 g/mol. The Morgan fingerprint density at radius 2 is 1.83 bits per heavy atom. The van der Waals surface area contributed by atoms with Crippen LogP contribution in [0.3, 0.4) is 0 Å². The molecule has 0 aliphatic carbocycles. The van der Waals surface area contributed by atoms with Gasteiger partial charge in [-0.3, -0.25) is 19.2 Å². The zero-order chi connectivity index (χ0) is 17.9. The Balaban J connectivity index is 2.55. The van der Waals surface area contributed by atoms with Crippen LogP contribution in [0.1, 0.15) is 0 Å². The monoisotopic (exact) mass is 354 g/mol. The van der Waals surface area contributed by atoms with Crippen molar-refractivity contribution in [2.75, 3.05) is 10.8 Å². The van der Waals surface area contributed by atoms with Gasteiger partial charge in [0.15, 0.2) is 0 Å². The molecule has 8 nitrogen and oxygen atoms in total. The second-order valence-electron chi connectivity index (χ2n) is 4.64. The van der Waals surface area contributed by atoms with Gasteiger partial charge in [-0.05, 0) is 30.3 Å². The van der Waals surface area contributed by atoms with E-state index < -0.39 is 43.9 Å². The highest BCUT2D eigenvalue weighted by atomic mass is 32.2. The third-order valence-electron chi connectivity index (χ3n) is 3.01. The minimum atomic E-state index is -4.39. The second-order valence-corrected chi connectivity index (χ2v) is 6.50. The number of rotatable bonds is 6. The summed E-state index contributed by atoms with van der Waals surface area (Å²) in [6, 6.07) is 8.39. The van der Waals surface area contributed by atoms with Crippen molar-refractivity contribution in [1.29, 1.82) is 0 Å². The molecule has 1 N–H and O–H groups in total. The van der Waals surface area contributed by atoms with Gasteiger partial charge < -0.3 is 5.11 Å². The van der Waals surface area contributed by atoms with Gasteiger partial charge >= 0.3 is 5.97 Å². The summed E-state index contributed by atoms with van der Waals surface area (Å²) in [5, 5.41) is 19.8. The van der Waals surface area contributed by atoms with Gasteiger partial charge in [-0.2, -0.15) is 0 Å². The molecular formula is C14H11FN2O6S. The van der Waals surface area contributed by atoms with Crippen molar-refractivity contribution in [3.8, 4) is 0 Å². The van der Waals surface area contributed by atoms with Crippen LogP contribution in [-0.2, 0) is 14.8 Å². The lowest BCUT2D eigenvalue weighted by Gasteiger charge is -2.22. The number of anilines is 1. The Bertz CT molecular complexity index is 882. The van der Waals surface area contributed by atoms with E-state index in [-0.39, 0.29) is 5.69 Å². The SMILES string of the molecule is O=C(O)CN(c1ccc(F)cc1)S(=O)(=O)c1cccc([N+](=O)[O-])c1. The quantitative estimate of drug-likeness (QED) is 0.626. The van der Waals surface area contributed by atoms with E-state index in [1.54, 1.807) is 0 Å². The first-order chi connectivity index (χ1) is 11.2. The van der Waals surface area contributed by atoms with Crippen LogP contribution in [0.2, 0.25) is 0 Å². The fourth-order valence-corrected chi connectivity index (χ4v) is 3.38. The fourth-order valence-electron chi connectivity index (χ4n) is 1.93. The number of sulfonamides is 1. The number of benzene rings is 2. The zero-order valence-electron chi connectivity index (χ0n) is 12.0. The normalized spacial score (nSPS) is 11.0. The van der Waals surface area contributed by atoms with Crippen molar-refractivity contribution >= 4 is 27.4 Å². The van der Waals surface area contributed by atoms with Gasteiger partial charge in [0.25, 0.3) is 15.7 Å². The average molecular weight is 354 g/mol. The Morgan fingerprint density at radius 1 is 1.21 bits per heavy atom. The first-order valence-electron chi connectivity index (χ1n) is 6.46. The molecule has 10 heteroatoms. The molecule has 0 saturated heterocycles. The number of nitro groups is 1. The molecule has 0 aliphatic rings. The first-order valence-corrected chi connectivity index (χ1v) is 7.90. The van der Waals surface area contributed by atoms with Gasteiger partial charge in [-0.15, -0.1) is 0 Å². The Hall–Kier alpha value is -3.01. The summed E-state index contributed by atoms with van der Waals surface area (Å²) in [6.07, 6.45) is 0. The molecule has 0 fully saturated rings. The van der Waals surface area contributed by atoms with Crippen molar-refractivity contribution in [2.45, 2.75) is 4.90 Å². The van der Waals surface area contributed by atoms with E-state index >= 15 is 0 Å². The van der Waals surface area contributed by atoms with Crippen molar-refractivity contribution in [1.82, 2.24) is 0 Å². The molecule has 0 saturated carbocycles. The number of aliphatic carboxylic acids is 1. The van der Waals surface area contributed by atoms with Crippen LogP contribution < -0.4 is 4.31 Å². The Kier molecular flexibility index (Phi) is 4.79. The lowest BCUT2D eigenvalue weighted by molar-refractivity contribution is -0.385. The third kappa shape index (κ3) is 3.66. The molecule has 0 aromatic heterocycles. The number of nitrogens with zero attached hydrogens (tertiary/aromatic N) is 2. The smallest absolute Gasteiger partial charge is 0.324 e. The summed E-state index contributed by atoms with van der Waals surface area (Å²) in [6.45, 7) is -0.920. The van der Waals surface area contributed by atoms with Gasteiger partial charge in [0.2, 0.25) is 0 Å². The van der Waals surface area contributed by atoms with Crippen LogP contribution in [0.4, 0.5) is 15.8 Å². The number of carbonyl (C=O) groups is 1. The van der Waals surface area contributed by atoms with Crippen molar-refractivity contribution in [3.63, 3.8) is 0 Å². The molecule has 0 amide bonds. The molecule has 0 bridgehead atoms. The molecule has 0 atom stereocenters. The van der Waals surface area contributed by atoms with Gasteiger partial charge in [0.1, 0.15) is 12.4 Å². The number of halogens is 1. The second kappa shape index (κ2) is 6.62. The maximum atomic E-state index is 13.0. The predicted molar refractivity (Wildman–Crippen MR) is 81.7 cm³/mol. The molecule has 2 aromatic rings. The lowest BCUT2D eigenvalue weighted by atomic mass is 10.3. The lowest BCUT2D eigenvalue weighted by Crippen LogP contribution is -2.35. The zero-order valence-corrected chi connectivity index (χ0v) is 12.8. The van der Waals surface area contributed by atoms with Crippen LogP contribution in [-0.4, -0.2) is 31.0 Å². The largest absolute Gasteiger partial charge is 0.480 e. The minimum Gasteiger partial charge on any atom is -0.480 e. The summed E-state index contributed by atoms with van der Waals surface area (Å²) in [4.78, 5) is 20.6. The standard InChI is InChI=1S/C14H11FN2O6S/c15-10-4-6-11(7-5-10)16(9-14(18)19)24(22,23)13-3-1-2-12(8-13)17(20)21/h1-8H,9H2,(H,18,19). The van der Waals surface area contributed by atoms with Gasteiger partial charge in [-0.1, -0.05) is 6.07 Å². The molecule has 2 aromatic carbocycles. The minimum absolute atomic E-state index is 0.0784. The molecule has 0 aliphatic heterocycles. The van der Waals surface area contributed by atoms with E-state index in [1.165, 1.54) is 6.07 Å². The highest BCUT2D eigenvalue weighted by Gasteiger charge is 2.28. The van der Waals surface area contributed by atoms with Gasteiger partial charge in [0, 0.05) is 12.1 Å². The topological polar surface area (TPSA) is 118 Å². The summed E-state index contributed by atoms with van der Waals surface area (Å²) in [5.74, 6) is -2.06. The first kappa shape index (κ1) is 17.3. The number of non-ortho nitro benzene ring substituents is 1. The Labute approximate surface area is 136 Å². The number of carboxylic acids is 1. The van der Waals surface area contributed by atoms with Crippen molar-refractivity contribution < 1.29 is 27.6 Å². The highest BCUT2D eigenvalue weighted by Crippen LogP contribution is 2.26. The van der Waals surface area contributed by atoms with Crippen LogP contribution in [0.25, 0.3) is 0 Å². The predicted octanol–water partition coefficient (Wildman–Crippen LogP) is 2.01. The summed E-state index contributed by atoms with van der Waals surface area (Å²) in [7, 11) is -4.39. The number of hydrogen-bond donors (Lipinski definition) is 1. The molecule has 2 rings (SSSR count). The maximum Gasteiger partial charge on any atom is 0.324 e. The molecule has 0 unspecified atom stereocenters. The number of nitro benzene ring substituents is 1. The number of carboxylic acid groups (broad SMARTS) is 1. The fraction of sp³-hybridized carbons (Fsp3) is 0.0714. The van der Waals surface area contributed by atoms with Crippen molar-refractivity contribution in [3.05, 3.63) is 64.5 Å². The van der Waals surface area contributed by atoms with Crippen LogP contribution in [0, 0.1) is 15.9 Å². The summed E-state index contributed by atoms with van der Waals surface area (Å²) < 4.78 is 38.9. The molecule has 0 spiro atoms. The molecule has 126 valence electrons. The molecule has 24 heavy (non-hydrogen) atoms. The van der Waals surface area contributed by atoms with Crippen LogP contribution in [0.15, 0.2) is 53.4 Å². The van der Waals surface area contributed by atoms with Gasteiger partial charge in [0.05, 0.1) is 15.5 Å². The summed E-state index contributed by atoms with van der Waals surface area (Å²) in [5.41, 5.74) is -0.532.